The lowest BCUT2D eigenvalue weighted by Crippen LogP contribution is -2.16. The van der Waals surface area contributed by atoms with Crippen LogP contribution in [0.2, 0.25) is 0 Å². The Bertz CT molecular complexity index is 1720. The predicted molar refractivity (Wildman–Crippen MR) is 150 cm³/mol. The van der Waals surface area contributed by atoms with Crippen molar-refractivity contribution in [2.24, 2.45) is 0 Å². The lowest BCUT2D eigenvalue weighted by Gasteiger charge is -2.26. The van der Waals surface area contributed by atoms with E-state index < -0.39 is 0 Å². The van der Waals surface area contributed by atoms with E-state index in [4.69, 9.17) is 13.8 Å². The lowest BCUT2D eigenvalue weighted by molar-refractivity contribution is 0.567. The van der Waals surface area contributed by atoms with Crippen molar-refractivity contribution in [1.29, 1.82) is 0 Å². The molecular formula is C33H31NO2. The second-order valence-electron chi connectivity index (χ2n) is 11.8. The van der Waals surface area contributed by atoms with Crippen LogP contribution in [0, 0.1) is 0 Å². The van der Waals surface area contributed by atoms with Crippen LogP contribution >= 0.6 is 0 Å². The fourth-order valence-corrected chi connectivity index (χ4v) is 4.82. The normalized spacial score (nSPS) is 12.7. The monoisotopic (exact) mass is 473 g/mol. The molecule has 0 saturated heterocycles. The van der Waals surface area contributed by atoms with Crippen LogP contribution in [-0.2, 0) is 10.8 Å². The third-order valence-corrected chi connectivity index (χ3v) is 7.03. The van der Waals surface area contributed by atoms with Crippen molar-refractivity contribution in [3.8, 4) is 22.6 Å². The molecule has 3 aromatic heterocycles. The van der Waals surface area contributed by atoms with E-state index >= 15 is 0 Å². The van der Waals surface area contributed by atoms with Crippen molar-refractivity contribution in [3.05, 3.63) is 90.1 Å². The molecule has 0 bridgehead atoms. The van der Waals surface area contributed by atoms with Gasteiger partial charge in [-0.15, -0.1) is 0 Å². The number of hydrogen-bond donors (Lipinski definition) is 0. The molecule has 0 unspecified atom stereocenters. The van der Waals surface area contributed by atoms with Gasteiger partial charge in [0.05, 0.1) is 11.9 Å². The molecule has 180 valence electrons. The highest BCUT2D eigenvalue weighted by molar-refractivity contribution is 6.09. The van der Waals surface area contributed by atoms with Gasteiger partial charge < -0.3 is 8.83 Å². The third kappa shape index (κ3) is 3.80. The molecule has 0 saturated carbocycles. The van der Waals surface area contributed by atoms with E-state index in [9.17, 15) is 0 Å². The van der Waals surface area contributed by atoms with Gasteiger partial charge in [0.25, 0.3) is 0 Å². The van der Waals surface area contributed by atoms with Gasteiger partial charge in [0.1, 0.15) is 16.9 Å². The topological polar surface area (TPSA) is 39.2 Å². The molecule has 3 heteroatoms. The largest absolute Gasteiger partial charge is 0.455 e. The number of furan rings is 2. The quantitative estimate of drug-likeness (QED) is 0.251. The smallest absolute Gasteiger partial charge is 0.153 e. The van der Waals surface area contributed by atoms with E-state index in [1.807, 2.05) is 24.4 Å². The molecule has 36 heavy (non-hydrogen) atoms. The van der Waals surface area contributed by atoms with Crippen LogP contribution in [0.15, 0.2) is 87.8 Å². The van der Waals surface area contributed by atoms with E-state index in [0.29, 0.717) is 0 Å². The SMILES string of the molecule is CC(C)(C)c1cc(-c2cc3cc(-c4cccc5c4oc4ccccc45)ncc3o2)cc(C(C)(C)C)c1. The van der Waals surface area contributed by atoms with Crippen LogP contribution in [0.1, 0.15) is 52.7 Å². The number of nitrogens with zero attached hydrogens (tertiary/aromatic N) is 1. The first-order valence-electron chi connectivity index (χ1n) is 12.5. The first-order chi connectivity index (χ1) is 17.1. The van der Waals surface area contributed by atoms with E-state index in [1.165, 1.54) is 11.1 Å². The van der Waals surface area contributed by atoms with Crippen molar-refractivity contribution < 1.29 is 8.83 Å². The summed E-state index contributed by atoms with van der Waals surface area (Å²) in [6.07, 6.45) is 1.83. The first kappa shape index (κ1) is 22.6. The molecule has 0 atom stereocenters. The average molecular weight is 474 g/mol. The first-order valence-corrected chi connectivity index (χ1v) is 12.5. The molecule has 6 aromatic rings. The molecule has 3 nitrogen and oxygen atoms in total. The summed E-state index contributed by atoms with van der Waals surface area (Å²) in [5.41, 5.74) is 8.19. The van der Waals surface area contributed by atoms with Crippen molar-refractivity contribution in [2.45, 2.75) is 52.4 Å². The van der Waals surface area contributed by atoms with Crippen LogP contribution in [0.25, 0.3) is 55.5 Å². The molecular weight excluding hydrogens is 442 g/mol. The summed E-state index contributed by atoms with van der Waals surface area (Å²) in [6, 6.07) is 25.5. The van der Waals surface area contributed by atoms with Crippen molar-refractivity contribution in [1.82, 2.24) is 4.98 Å². The van der Waals surface area contributed by atoms with Gasteiger partial charge in [0, 0.05) is 27.3 Å². The number of pyridine rings is 1. The molecule has 0 aliphatic heterocycles. The number of aromatic nitrogens is 1. The second-order valence-corrected chi connectivity index (χ2v) is 11.8. The van der Waals surface area contributed by atoms with Gasteiger partial charge in [-0.25, -0.2) is 0 Å². The maximum Gasteiger partial charge on any atom is 0.153 e. The standard InChI is InChI=1S/C33H31NO2/c1-32(2,3)22-14-20(15-23(18-22)33(4,5)6)29-17-21-16-27(34-19-30(21)35-29)26-12-9-11-25-24-10-7-8-13-28(24)36-31(25)26/h7-19H,1-6H3. The molecule has 0 N–H and O–H groups in total. The molecule has 0 amide bonds. The molecule has 3 aromatic carbocycles. The Morgan fingerprint density at radius 2 is 1.33 bits per heavy atom. The van der Waals surface area contributed by atoms with Crippen LogP contribution in [0.4, 0.5) is 0 Å². The Kier molecular flexibility index (Phi) is 4.91. The van der Waals surface area contributed by atoms with Crippen LogP contribution in [0.5, 0.6) is 0 Å². The van der Waals surface area contributed by atoms with E-state index in [2.05, 4.69) is 96.1 Å². The Morgan fingerprint density at radius 1 is 0.639 bits per heavy atom. The fraction of sp³-hybridized carbons (Fsp3) is 0.242. The molecule has 0 radical (unpaired) electrons. The van der Waals surface area contributed by atoms with Gasteiger partial charge in [-0.1, -0.05) is 77.9 Å². The van der Waals surface area contributed by atoms with Gasteiger partial charge >= 0.3 is 0 Å². The highest BCUT2D eigenvalue weighted by Crippen LogP contribution is 2.38. The summed E-state index contributed by atoms with van der Waals surface area (Å²) in [6.45, 7) is 13.5. The number of benzene rings is 3. The molecule has 0 spiro atoms. The van der Waals surface area contributed by atoms with Crippen molar-refractivity contribution >= 4 is 32.9 Å². The summed E-state index contributed by atoms with van der Waals surface area (Å²) in [5, 5.41) is 3.25. The summed E-state index contributed by atoms with van der Waals surface area (Å²) in [5.74, 6) is 0.863. The van der Waals surface area contributed by atoms with Gasteiger partial charge in [-0.05, 0) is 58.4 Å². The van der Waals surface area contributed by atoms with Gasteiger partial charge in [0.2, 0.25) is 0 Å². The second kappa shape index (κ2) is 7.83. The fourth-order valence-electron chi connectivity index (χ4n) is 4.82. The summed E-state index contributed by atoms with van der Waals surface area (Å²) in [4.78, 5) is 4.76. The van der Waals surface area contributed by atoms with Crippen LogP contribution < -0.4 is 0 Å². The van der Waals surface area contributed by atoms with Crippen molar-refractivity contribution in [3.63, 3.8) is 0 Å². The third-order valence-electron chi connectivity index (χ3n) is 7.03. The van der Waals surface area contributed by atoms with E-state index in [1.54, 1.807) is 0 Å². The molecule has 0 fully saturated rings. The number of hydrogen-bond acceptors (Lipinski definition) is 3. The van der Waals surface area contributed by atoms with Gasteiger partial charge in [-0.2, -0.15) is 0 Å². The molecule has 6 rings (SSSR count). The zero-order valence-electron chi connectivity index (χ0n) is 21.8. The Hall–Kier alpha value is -3.85. The van der Waals surface area contributed by atoms with Crippen molar-refractivity contribution in [2.75, 3.05) is 0 Å². The minimum atomic E-state index is 0.0437. The van der Waals surface area contributed by atoms with Gasteiger partial charge in [0.15, 0.2) is 5.58 Å². The molecule has 0 aliphatic rings. The number of rotatable bonds is 2. The van der Waals surface area contributed by atoms with Crippen LogP contribution in [0.3, 0.4) is 0 Å². The minimum absolute atomic E-state index is 0.0437. The number of para-hydroxylation sites is 2. The summed E-state index contributed by atoms with van der Waals surface area (Å²) < 4.78 is 12.6. The molecule has 3 heterocycles. The highest BCUT2D eigenvalue weighted by Gasteiger charge is 2.22. The maximum atomic E-state index is 6.33. The van der Waals surface area contributed by atoms with Crippen LogP contribution in [-0.4, -0.2) is 4.98 Å². The van der Waals surface area contributed by atoms with Gasteiger partial charge in [-0.3, -0.25) is 4.98 Å². The Labute approximate surface area is 211 Å². The predicted octanol–water partition coefficient (Wildman–Crippen LogP) is 9.66. The Morgan fingerprint density at radius 3 is 2.06 bits per heavy atom. The average Bonchev–Trinajstić information content (AvgIpc) is 3.43. The maximum absolute atomic E-state index is 6.33. The Balaban J connectivity index is 1.49. The number of fused-ring (bicyclic) bond motifs is 4. The van der Waals surface area contributed by atoms with E-state index in [-0.39, 0.29) is 10.8 Å². The van der Waals surface area contributed by atoms with E-state index in [0.717, 1.165) is 55.5 Å². The highest BCUT2D eigenvalue weighted by atomic mass is 16.3. The summed E-state index contributed by atoms with van der Waals surface area (Å²) in [7, 11) is 0. The lowest BCUT2D eigenvalue weighted by atomic mass is 9.79. The minimum Gasteiger partial charge on any atom is -0.455 e. The zero-order chi connectivity index (χ0) is 25.2. The molecule has 0 aliphatic carbocycles. The summed E-state index contributed by atoms with van der Waals surface area (Å²) >= 11 is 0. The zero-order valence-corrected chi connectivity index (χ0v) is 21.8.